The molecule has 9 heteroatoms. The molecule has 0 saturated carbocycles. The van der Waals surface area contributed by atoms with Gasteiger partial charge < -0.3 is 14.5 Å². The molecule has 9 nitrogen and oxygen atoms in total. The predicted octanol–water partition coefficient (Wildman–Crippen LogP) is 2.69. The van der Waals surface area contributed by atoms with Gasteiger partial charge in [0.1, 0.15) is 12.1 Å². The molecule has 0 radical (unpaired) electrons. The molecule has 0 unspecified atom stereocenters. The molecule has 0 bridgehead atoms. The minimum Gasteiger partial charge on any atom is -0.494 e. The average molecular weight is 424 g/mol. The van der Waals surface area contributed by atoms with Crippen molar-refractivity contribution in [1.82, 2.24) is 29.9 Å². The maximum Gasteiger partial charge on any atom is 0.223 e. The van der Waals surface area contributed by atoms with Crippen molar-refractivity contribution < 1.29 is 9.53 Å². The topological polar surface area (TPSA) is 89.3 Å². The summed E-state index contributed by atoms with van der Waals surface area (Å²) in [5.74, 6) is 1.77. The van der Waals surface area contributed by atoms with Gasteiger partial charge in [-0.15, -0.1) is 5.10 Å². The fourth-order valence-corrected chi connectivity index (χ4v) is 3.73. The van der Waals surface area contributed by atoms with Gasteiger partial charge in [0.15, 0.2) is 17.0 Å². The zero-order valence-corrected chi connectivity index (χ0v) is 18.6. The Morgan fingerprint density at radius 2 is 1.77 bits per heavy atom. The molecule has 1 aromatic carbocycles. The molecule has 2 aromatic heterocycles. The summed E-state index contributed by atoms with van der Waals surface area (Å²) in [5, 5.41) is 8.68. The van der Waals surface area contributed by atoms with Crippen molar-refractivity contribution in [2.75, 3.05) is 37.7 Å². The summed E-state index contributed by atoms with van der Waals surface area (Å²) in [5.41, 5.74) is 2.16. The van der Waals surface area contributed by atoms with E-state index in [2.05, 4.69) is 46.0 Å². The van der Waals surface area contributed by atoms with Gasteiger partial charge in [0, 0.05) is 32.6 Å². The third kappa shape index (κ3) is 4.60. The normalized spacial score (nSPS) is 14.8. The Balaban J connectivity index is 1.52. The highest BCUT2D eigenvalue weighted by atomic mass is 16.5. The van der Waals surface area contributed by atoms with E-state index in [0.29, 0.717) is 50.4 Å². The van der Waals surface area contributed by atoms with Crippen LogP contribution in [-0.2, 0) is 4.79 Å². The Bertz CT molecular complexity index is 1050. The average Bonchev–Trinajstić information content (AvgIpc) is 3.18. The number of hydrogen-bond acceptors (Lipinski definition) is 7. The smallest absolute Gasteiger partial charge is 0.223 e. The van der Waals surface area contributed by atoms with E-state index < -0.39 is 0 Å². The summed E-state index contributed by atoms with van der Waals surface area (Å²) in [7, 11) is 0. The van der Waals surface area contributed by atoms with Crippen LogP contribution in [0.4, 0.5) is 5.82 Å². The van der Waals surface area contributed by atoms with Crippen molar-refractivity contribution in [1.29, 1.82) is 0 Å². The number of amides is 1. The largest absolute Gasteiger partial charge is 0.494 e. The Hall–Kier alpha value is -3.23. The zero-order valence-electron chi connectivity index (χ0n) is 18.6. The summed E-state index contributed by atoms with van der Waals surface area (Å²) < 4.78 is 7.22. The van der Waals surface area contributed by atoms with Crippen molar-refractivity contribution >= 4 is 22.9 Å². The minimum atomic E-state index is -0.00753. The van der Waals surface area contributed by atoms with E-state index in [1.807, 2.05) is 36.1 Å². The third-order valence-electron chi connectivity index (χ3n) is 5.22. The van der Waals surface area contributed by atoms with Crippen molar-refractivity contribution in [2.24, 2.45) is 5.41 Å². The van der Waals surface area contributed by atoms with E-state index >= 15 is 0 Å². The number of aromatic nitrogens is 5. The molecule has 1 saturated heterocycles. The molecule has 164 valence electrons. The van der Waals surface area contributed by atoms with Crippen LogP contribution in [0.3, 0.4) is 0 Å². The molecule has 3 heterocycles. The summed E-state index contributed by atoms with van der Waals surface area (Å²) in [6.45, 7) is 11.6. The molecule has 0 aliphatic carbocycles. The molecule has 1 aliphatic rings. The number of ether oxygens (including phenoxy) is 1. The third-order valence-corrected chi connectivity index (χ3v) is 5.22. The molecule has 4 rings (SSSR count). The van der Waals surface area contributed by atoms with E-state index in [0.717, 1.165) is 17.3 Å². The number of benzene rings is 1. The van der Waals surface area contributed by atoms with E-state index in [1.54, 1.807) is 11.0 Å². The molecule has 31 heavy (non-hydrogen) atoms. The standard InChI is InChI=1S/C22H29N7O2/c1-5-31-17-8-6-16(7-9-17)29-21-19(25-26-29)20(23-15-24-21)28-12-10-27(11-13-28)18(30)14-22(2,3)4/h6-9,15H,5,10-14H2,1-4H3. The lowest BCUT2D eigenvalue weighted by Gasteiger charge is -2.36. The molecule has 1 aliphatic heterocycles. The minimum absolute atomic E-state index is 0.00753. The predicted molar refractivity (Wildman–Crippen MR) is 118 cm³/mol. The number of carbonyl (C=O) groups excluding carboxylic acids is 1. The number of nitrogens with zero attached hydrogens (tertiary/aromatic N) is 7. The fraction of sp³-hybridized carbons (Fsp3) is 0.500. The second-order valence-corrected chi connectivity index (χ2v) is 8.90. The number of piperazine rings is 1. The van der Waals surface area contributed by atoms with Crippen LogP contribution in [0.25, 0.3) is 16.9 Å². The van der Waals surface area contributed by atoms with Crippen molar-refractivity contribution in [3.8, 4) is 11.4 Å². The number of rotatable bonds is 5. The maximum atomic E-state index is 12.5. The Kier molecular flexibility index (Phi) is 5.75. The first kappa shape index (κ1) is 21.0. The first-order valence-corrected chi connectivity index (χ1v) is 10.7. The van der Waals surface area contributed by atoms with Crippen LogP contribution in [-0.4, -0.2) is 68.6 Å². The number of anilines is 1. The van der Waals surface area contributed by atoms with Crippen LogP contribution in [0.1, 0.15) is 34.1 Å². The quantitative estimate of drug-likeness (QED) is 0.623. The van der Waals surface area contributed by atoms with Crippen LogP contribution in [0, 0.1) is 5.41 Å². The molecule has 0 N–H and O–H groups in total. The molecule has 1 amide bonds. The van der Waals surface area contributed by atoms with Gasteiger partial charge in [0.05, 0.1) is 12.3 Å². The molecule has 0 atom stereocenters. The van der Waals surface area contributed by atoms with Crippen molar-refractivity contribution in [3.05, 3.63) is 30.6 Å². The molecule has 1 fully saturated rings. The highest BCUT2D eigenvalue weighted by Crippen LogP contribution is 2.25. The molecular formula is C22H29N7O2. The van der Waals surface area contributed by atoms with Gasteiger partial charge in [-0.25, -0.2) is 9.97 Å². The van der Waals surface area contributed by atoms with E-state index in [9.17, 15) is 4.79 Å². The van der Waals surface area contributed by atoms with Gasteiger partial charge in [-0.05, 0) is 36.6 Å². The van der Waals surface area contributed by atoms with Crippen LogP contribution < -0.4 is 9.64 Å². The lowest BCUT2D eigenvalue weighted by molar-refractivity contribution is -0.133. The summed E-state index contributed by atoms with van der Waals surface area (Å²) in [4.78, 5) is 25.5. The monoisotopic (exact) mass is 423 g/mol. The summed E-state index contributed by atoms with van der Waals surface area (Å²) in [6.07, 6.45) is 2.10. The Morgan fingerprint density at radius 3 is 2.42 bits per heavy atom. The first-order valence-electron chi connectivity index (χ1n) is 10.7. The summed E-state index contributed by atoms with van der Waals surface area (Å²) >= 11 is 0. The molecular weight excluding hydrogens is 394 g/mol. The molecule has 0 spiro atoms. The number of carbonyl (C=O) groups is 1. The lowest BCUT2D eigenvalue weighted by Crippen LogP contribution is -2.49. The van der Waals surface area contributed by atoms with E-state index in [-0.39, 0.29) is 11.3 Å². The van der Waals surface area contributed by atoms with Crippen LogP contribution >= 0.6 is 0 Å². The van der Waals surface area contributed by atoms with Gasteiger partial charge in [-0.3, -0.25) is 4.79 Å². The Morgan fingerprint density at radius 1 is 1.06 bits per heavy atom. The fourth-order valence-electron chi connectivity index (χ4n) is 3.73. The van der Waals surface area contributed by atoms with Gasteiger partial charge in [-0.1, -0.05) is 26.0 Å². The molecule has 3 aromatic rings. The van der Waals surface area contributed by atoms with Gasteiger partial charge in [0.2, 0.25) is 5.91 Å². The highest BCUT2D eigenvalue weighted by molar-refractivity contribution is 5.84. The second kappa shape index (κ2) is 8.49. The SMILES string of the molecule is CCOc1ccc(-n2nnc3c(N4CCN(C(=O)CC(C)(C)C)CC4)ncnc32)cc1. The highest BCUT2D eigenvalue weighted by Gasteiger charge is 2.27. The number of fused-ring (bicyclic) bond motifs is 1. The lowest BCUT2D eigenvalue weighted by atomic mass is 9.91. The van der Waals surface area contributed by atoms with E-state index in [1.165, 1.54) is 0 Å². The van der Waals surface area contributed by atoms with Gasteiger partial charge in [-0.2, -0.15) is 4.68 Å². The summed E-state index contributed by atoms with van der Waals surface area (Å²) in [6, 6.07) is 7.67. The van der Waals surface area contributed by atoms with Gasteiger partial charge >= 0.3 is 0 Å². The second-order valence-electron chi connectivity index (χ2n) is 8.90. The van der Waals surface area contributed by atoms with Crippen molar-refractivity contribution in [3.63, 3.8) is 0 Å². The maximum absolute atomic E-state index is 12.5. The van der Waals surface area contributed by atoms with Gasteiger partial charge in [0.25, 0.3) is 0 Å². The number of hydrogen-bond donors (Lipinski definition) is 0. The first-order chi connectivity index (χ1) is 14.9. The Labute approximate surface area is 182 Å². The zero-order chi connectivity index (χ0) is 22.0. The van der Waals surface area contributed by atoms with Crippen LogP contribution in [0.15, 0.2) is 30.6 Å². The van der Waals surface area contributed by atoms with Crippen molar-refractivity contribution in [2.45, 2.75) is 34.1 Å². The van der Waals surface area contributed by atoms with Crippen LogP contribution in [0.2, 0.25) is 0 Å². The van der Waals surface area contributed by atoms with Crippen LogP contribution in [0.5, 0.6) is 5.75 Å². The van der Waals surface area contributed by atoms with E-state index in [4.69, 9.17) is 4.74 Å².